The van der Waals surface area contributed by atoms with E-state index in [0.29, 0.717) is 17.1 Å². The number of carbonyl (C=O) groups excluding carboxylic acids is 1. The number of hydrazone groups is 1. The number of carbonyl (C=O) groups is 1. The highest BCUT2D eigenvalue weighted by atomic mass is 16.5. The lowest BCUT2D eigenvalue weighted by Crippen LogP contribution is -2.18. The van der Waals surface area contributed by atoms with Crippen LogP contribution in [0.4, 0.5) is 0 Å². The van der Waals surface area contributed by atoms with Crippen molar-refractivity contribution in [3.05, 3.63) is 102 Å². The summed E-state index contributed by atoms with van der Waals surface area (Å²) in [6, 6.07) is 26.6. The number of para-hydroxylation sites is 1. The van der Waals surface area contributed by atoms with Gasteiger partial charge in [0.1, 0.15) is 17.2 Å². The van der Waals surface area contributed by atoms with Crippen LogP contribution >= 0.6 is 0 Å². The molecule has 0 aliphatic carbocycles. The van der Waals surface area contributed by atoms with Crippen LogP contribution in [0.1, 0.15) is 21.6 Å². The summed E-state index contributed by atoms with van der Waals surface area (Å²) in [5.41, 5.74) is 6.46. The van der Waals surface area contributed by atoms with Crippen LogP contribution in [-0.4, -0.2) is 22.3 Å². The Hall–Kier alpha value is -4.19. The SMILES string of the molecule is Cc1ccc(-c2cc(C(=O)N/N=C\c3cccc(Oc4ccccc4)c3)[nH]n2)cc1. The van der Waals surface area contributed by atoms with Gasteiger partial charge in [-0.1, -0.05) is 60.2 Å². The summed E-state index contributed by atoms with van der Waals surface area (Å²) in [7, 11) is 0. The Bertz CT molecular complexity index is 1170. The Morgan fingerprint density at radius 1 is 0.967 bits per heavy atom. The number of hydrogen-bond acceptors (Lipinski definition) is 4. The van der Waals surface area contributed by atoms with Gasteiger partial charge in [0.05, 0.1) is 11.9 Å². The van der Waals surface area contributed by atoms with Gasteiger partial charge in [0.2, 0.25) is 0 Å². The molecule has 4 aromatic rings. The Labute approximate surface area is 174 Å². The van der Waals surface area contributed by atoms with Gasteiger partial charge in [0, 0.05) is 5.56 Å². The highest BCUT2D eigenvalue weighted by Crippen LogP contribution is 2.21. The Balaban J connectivity index is 1.38. The molecular weight excluding hydrogens is 376 g/mol. The quantitative estimate of drug-likeness (QED) is 0.358. The number of ether oxygens (including phenoxy) is 1. The predicted octanol–water partition coefficient (Wildman–Crippen LogP) is 4.94. The molecule has 3 aromatic carbocycles. The van der Waals surface area contributed by atoms with Crippen LogP contribution in [0.15, 0.2) is 90.0 Å². The minimum Gasteiger partial charge on any atom is -0.457 e. The van der Waals surface area contributed by atoms with Gasteiger partial charge < -0.3 is 4.74 Å². The molecule has 30 heavy (non-hydrogen) atoms. The molecule has 1 heterocycles. The van der Waals surface area contributed by atoms with E-state index in [1.807, 2.05) is 85.8 Å². The lowest BCUT2D eigenvalue weighted by Gasteiger charge is -2.05. The molecule has 1 aromatic heterocycles. The van der Waals surface area contributed by atoms with Crippen LogP contribution in [0.5, 0.6) is 11.5 Å². The molecule has 0 saturated carbocycles. The second-order valence-electron chi connectivity index (χ2n) is 6.72. The summed E-state index contributed by atoms with van der Waals surface area (Å²) in [6.45, 7) is 2.02. The zero-order valence-electron chi connectivity index (χ0n) is 16.4. The maximum absolute atomic E-state index is 12.3. The smallest absolute Gasteiger partial charge is 0.289 e. The zero-order chi connectivity index (χ0) is 20.8. The largest absolute Gasteiger partial charge is 0.457 e. The van der Waals surface area contributed by atoms with E-state index in [0.717, 1.165) is 16.9 Å². The minimum atomic E-state index is -0.367. The predicted molar refractivity (Wildman–Crippen MR) is 117 cm³/mol. The van der Waals surface area contributed by atoms with Crippen molar-refractivity contribution in [3.8, 4) is 22.8 Å². The standard InChI is InChI=1S/C24H20N4O2/c1-17-10-12-19(13-11-17)22-15-23(27-26-22)24(29)28-25-16-18-6-5-9-21(14-18)30-20-7-3-2-4-8-20/h2-16H,1H3,(H,26,27)(H,28,29)/b25-16-. The van der Waals surface area contributed by atoms with Gasteiger partial charge in [0.25, 0.3) is 5.91 Å². The van der Waals surface area contributed by atoms with Crippen molar-refractivity contribution in [2.24, 2.45) is 5.10 Å². The molecule has 0 fully saturated rings. The number of hydrogen-bond donors (Lipinski definition) is 2. The number of rotatable bonds is 6. The molecule has 0 aliphatic heterocycles. The van der Waals surface area contributed by atoms with Gasteiger partial charge in [-0.05, 0) is 42.8 Å². The Kier molecular flexibility index (Phi) is 5.66. The molecule has 0 atom stereocenters. The summed E-state index contributed by atoms with van der Waals surface area (Å²) in [6.07, 6.45) is 1.56. The van der Waals surface area contributed by atoms with Crippen molar-refractivity contribution in [3.63, 3.8) is 0 Å². The summed E-state index contributed by atoms with van der Waals surface area (Å²) in [5.74, 6) is 1.07. The van der Waals surface area contributed by atoms with Gasteiger partial charge in [-0.25, -0.2) is 5.43 Å². The van der Waals surface area contributed by atoms with E-state index in [4.69, 9.17) is 4.74 Å². The van der Waals surface area contributed by atoms with Crippen LogP contribution < -0.4 is 10.2 Å². The maximum atomic E-state index is 12.3. The molecule has 6 nitrogen and oxygen atoms in total. The molecular formula is C24H20N4O2. The number of H-pyrrole nitrogens is 1. The zero-order valence-corrected chi connectivity index (χ0v) is 16.4. The Morgan fingerprint density at radius 3 is 2.53 bits per heavy atom. The first-order valence-electron chi connectivity index (χ1n) is 9.46. The van der Waals surface area contributed by atoms with E-state index in [1.54, 1.807) is 12.3 Å². The fraction of sp³-hybridized carbons (Fsp3) is 0.0417. The van der Waals surface area contributed by atoms with E-state index < -0.39 is 0 Å². The molecule has 2 N–H and O–H groups in total. The number of amides is 1. The number of nitrogens with one attached hydrogen (secondary N) is 2. The monoisotopic (exact) mass is 396 g/mol. The summed E-state index contributed by atoms with van der Waals surface area (Å²) >= 11 is 0. The van der Waals surface area contributed by atoms with Crippen molar-refractivity contribution < 1.29 is 9.53 Å². The summed E-state index contributed by atoms with van der Waals surface area (Å²) < 4.78 is 5.81. The fourth-order valence-corrected chi connectivity index (χ4v) is 2.82. The average molecular weight is 396 g/mol. The molecule has 0 radical (unpaired) electrons. The van der Waals surface area contributed by atoms with E-state index in [9.17, 15) is 4.79 Å². The minimum absolute atomic E-state index is 0.337. The molecule has 4 rings (SSSR count). The van der Waals surface area contributed by atoms with E-state index in [1.165, 1.54) is 5.56 Å². The number of benzene rings is 3. The second-order valence-corrected chi connectivity index (χ2v) is 6.72. The average Bonchev–Trinajstić information content (AvgIpc) is 3.26. The van der Waals surface area contributed by atoms with Crippen LogP contribution in [0.2, 0.25) is 0 Å². The van der Waals surface area contributed by atoms with Gasteiger partial charge in [-0.3, -0.25) is 9.89 Å². The normalized spacial score (nSPS) is 10.8. The van der Waals surface area contributed by atoms with Crippen molar-refractivity contribution in [1.82, 2.24) is 15.6 Å². The van der Waals surface area contributed by atoms with Gasteiger partial charge in [-0.2, -0.15) is 10.2 Å². The van der Waals surface area contributed by atoms with Gasteiger partial charge in [-0.15, -0.1) is 0 Å². The van der Waals surface area contributed by atoms with Crippen molar-refractivity contribution >= 4 is 12.1 Å². The highest BCUT2D eigenvalue weighted by Gasteiger charge is 2.10. The molecule has 0 bridgehead atoms. The number of aromatic amines is 1. The van der Waals surface area contributed by atoms with Crippen molar-refractivity contribution in [2.45, 2.75) is 6.92 Å². The van der Waals surface area contributed by atoms with Crippen molar-refractivity contribution in [1.29, 1.82) is 0 Å². The highest BCUT2D eigenvalue weighted by molar-refractivity contribution is 5.94. The molecule has 148 valence electrons. The van der Waals surface area contributed by atoms with Crippen LogP contribution in [0, 0.1) is 6.92 Å². The molecule has 0 saturated heterocycles. The maximum Gasteiger partial charge on any atom is 0.289 e. The van der Waals surface area contributed by atoms with E-state index in [-0.39, 0.29) is 5.91 Å². The first-order valence-corrected chi connectivity index (χ1v) is 9.46. The molecule has 0 aliphatic rings. The third-order valence-corrected chi connectivity index (χ3v) is 4.39. The summed E-state index contributed by atoms with van der Waals surface area (Å²) in [4.78, 5) is 12.3. The van der Waals surface area contributed by atoms with E-state index in [2.05, 4.69) is 20.7 Å². The number of aromatic nitrogens is 2. The third kappa shape index (κ3) is 4.80. The first-order chi connectivity index (χ1) is 14.7. The van der Waals surface area contributed by atoms with Crippen LogP contribution in [-0.2, 0) is 0 Å². The molecule has 1 amide bonds. The second kappa shape index (κ2) is 8.87. The lowest BCUT2D eigenvalue weighted by molar-refractivity contribution is 0.0950. The van der Waals surface area contributed by atoms with Crippen molar-refractivity contribution in [2.75, 3.05) is 0 Å². The Morgan fingerprint density at radius 2 is 1.73 bits per heavy atom. The third-order valence-electron chi connectivity index (χ3n) is 4.39. The summed E-state index contributed by atoms with van der Waals surface area (Å²) in [5, 5.41) is 11.0. The fourth-order valence-electron chi connectivity index (χ4n) is 2.82. The number of nitrogens with zero attached hydrogens (tertiary/aromatic N) is 2. The molecule has 0 spiro atoms. The lowest BCUT2D eigenvalue weighted by atomic mass is 10.1. The number of aryl methyl sites for hydroxylation is 1. The molecule has 0 unspecified atom stereocenters. The van der Waals surface area contributed by atoms with Gasteiger partial charge in [0.15, 0.2) is 0 Å². The topological polar surface area (TPSA) is 79.4 Å². The van der Waals surface area contributed by atoms with Crippen LogP contribution in [0.25, 0.3) is 11.3 Å². The van der Waals surface area contributed by atoms with Gasteiger partial charge >= 0.3 is 0 Å². The molecule has 6 heteroatoms. The first kappa shape index (κ1) is 19.1. The van der Waals surface area contributed by atoms with Crippen LogP contribution in [0.3, 0.4) is 0 Å². The van der Waals surface area contributed by atoms with E-state index >= 15 is 0 Å².